The third-order valence-corrected chi connectivity index (χ3v) is 13.3. The van der Waals surface area contributed by atoms with E-state index in [-0.39, 0.29) is 43.0 Å². The molecule has 1 saturated heterocycles. The van der Waals surface area contributed by atoms with Gasteiger partial charge in [0.25, 0.3) is 0 Å². The van der Waals surface area contributed by atoms with Gasteiger partial charge in [-0.2, -0.15) is 0 Å². The Morgan fingerprint density at radius 2 is 1.36 bits per heavy atom. The number of hydrogen-bond acceptors (Lipinski definition) is 12. The van der Waals surface area contributed by atoms with Gasteiger partial charge in [-0.15, -0.1) is 0 Å². The summed E-state index contributed by atoms with van der Waals surface area (Å²) < 4.78 is 31.2. The van der Waals surface area contributed by atoms with Crippen LogP contribution in [0, 0.1) is 22.7 Å². The zero-order chi connectivity index (χ0) is 42.7. The second kappa shape index (κ2) is 15.4. The Bertz CT molecular complexity index is 2210. The van der Waals surface area contributed by atoms with Crippen LogP contribution in [0.5, 0.6) is 0 Å². The first-order valence-corrected chi connectivity index (χ1v) is 19.9. The van der Waals surface area contributed by atoms with Crippen LogP contribution in [-0.4, -0.2) is 82.6 Å². The van der Waals surface area contributed by atoms with Crippen LogP contribution in [0.15, 0.2) is 96.1 Å². The number of carbonyl (C=O) groups excluding carboxylic acids is 6. The Morgan fingerprint density at radius 3 is 1.92 bits per heavy atom. The normalized spacial score (nSPS) is 31.9. The molecule has 0 radical (unpaired) electrons. The van der Waals surface area contributed by atoms with Crippen molar-refractivity contribution in [1.82, 2.24) is 0 Å². The highest BCUT2D eigenvalue weighted by Crippen LogP contribution is 2.66. The lowest BCUT2D eigenvalue weighted by molar-refractivity contribution is -0.344. The summed E-state index contributed by atoms with van der Waals surface area (Å²) in [4.78, 5) is 83.3. The van der Waals surface area contributed by atoms with Crippen molar-refractivity contribution in [2.24, 2.45) is 22.7 Å². The molecular formula is C47H50O12. The molecule has 7 rings (SSSR count). The molecule has 3 aromatic carbocycles. The van der Waals surface area contributed by atoms with Crippen molar-refractivity contribution >= 4 is 35.3 Å². The monoisotopic (exact) mass is 806 g/mol. The molecule has 4 aliphatic rings. The van der Waals surface area contributed by atoms with Crippen LogP contribution in [0.2, 0.25) is 0 Å². The topological polar surface area (TPSA) is 169 Å². The molecule has 0 spiro atoms. The molecule has 2 saturated carbocycles. The van der Waals surface area contributed by atoms with Gasteiger partial charge in [0.05, 0.1) is 24.7 Å². The third kappa shape index (κ3) is 6.84. The zero-order valence-electron chi connectivity index (χ0n) is 34.3. The number of aliphatic hydroxyl groups is 1. The first-order chi connectivity index (χ1) is 27.9. The van der Waals surface area contributed by atoms with Gasteiger partial charge in [0.1, 0.15) is 17.8 Å². The molecule has 3 fully saturated rings. The number of Topliss-reactive ketones (excluding diaryl/α,β-unsaturated/α-hetero) is 2. The van der Waals surface area contributed by atoms with Crippen molar-refractivity contribution < 1.29 is 57.6 Å². The summed E-state index contributed by atoms with van der Waals surface area (Å²) in [5, 5.41) is 13.7. The lowest BCUT2D eigenvalue weighted by Gasteiger charge is -2.68. The molecule has 2 unspecified atom stereocenters. The molecular weight excluding hydrogens is 757 g/mol. The van der Waals surface area contributed by atoms with Crippen molar-refractivity contribution in [2.75, 3.05) is 6.61 Å². The largest absolute Gasteiger partial charge is 0.458 e. The maximum atomic E-state index is 16.0. The van der Waals surface area contributed by atoms with Crippen LogP contribution in [-0.2, 0) is 49.5 Å². The van der Waals surface area contributed by atoms with Gasteiger partial charge in [-0.1, -0.05) is 106 Å². The minimum atomic E-state index is -2.03. The minimum absolute atomic E-state index is 0.0640. The summed E-state index contributed by atoms with van der Waals surface area (Å²) in [5.41, 5.74) is -4.53. The van der Waals surface area contributed by atoms with Crippen molar-refractivity contribution in [3.8, 4) is 0 Å². The maximum Gasteiger partial charge on any atom is 0.303 e. The molecule has 9 atom stereocenters. The van der Waals surface area contributed by atoms with Crippen LogP contribution >= 0.6 is 0 Å². The van der Waals surface area contributed by atoms with Crippen LogP contribution in [0.25, 0.3) is 0 Å². The van der Waals surface area contributed by atoms with Crippen molar-refractivity contribution in [1.29, 1.82) is 0 Å². The van der Waals surface area contributed by atoms with Crippen molar-refractivity contribution in [3.63, 3.8) is 0 Å². The molecule has 3 aromatic rings. The fourth-order valence-corrected chi connectivity index (χ4v) is 10.4. The first-order valence-electron chi connectivity index (χ1n) is 19.9. The number of hydrogen-bond donors (Lipinski definition) is 1. The van der Waals surface area contributed by atoms with Crippen LogP contribution < -0.4 is 0 Å². The molecule has 2 bridgehead atoms. The Hall–Kier alpha value is -5.30. The Morgan fingerprint density at radius 1 is 0.780 bits per heavy atom. The molecule has 59 heavy (non-hydrogen) atoms. The summed E-state index contributed by atoms with van der Waals surface area (Å²) in [6, 6.07) is 24.1. The first kappa shape index (κ1) is 41.8. The number of ether oxygens (including phenoxy) is 5. The average Bonchev–Trinajstić information content (AvgIpc) is 3.19. The lowest BCUT2D eigenvalue weighted by Crippen LogP contribution is -2.81. The number of rotatable bonds is 10. The van der Waals surface area contributed by atoms with Crippen LogP contribution in [0.4, 0.5) is 0 Å². The quantitative estimate of drug-likeness (QED) is 0.111. The number of ketones is 3. The SMILES string of the molecule is CC(=O)O[C@H]1C(=O)[C@@]2(C)C(C(OCc3ccccc3)[C@]3(O)C[C@H](OC(C)=O)C(C)=C1C3(C)C)[C@]1(OC(C)=O)CO[C@@H]1C[C@@H]2C(=O)c1ccc(C(=O)c2ccccc2)cc1. The van der Waals surface area contributed by atoms with E-state index >= 15 is 9.59 Å². The van der Waals surface area contributed by atoms with E-state index in [9.17, 15) is 24.3 Å². The highest BCUT2D eigenvalue weighted by molar-refractivity contribution is 6.10. The fraction of sp³-hybridized carbons (Fsp3) is 0.447. The van der Waals surface area contributed by atoms with E-state index in [1.807, 2.05) is 30.3 Å². The number of benzene rings is 3. The van der Waals surface area contributed by atoms with E-state index in [0.717, 1.165) is 12.5 Å². The van der Waals surface area contributed by atoms with Crippen molar-refractivity contribution in [2.45, 2.75) is 104 Å². The molecule has 310 valence electrons. The van der Waals surface area contributed by atoms with E-state index < -0.39 is 87.8 Å². The van der Waals surface area contributed by atoms with Gasteiger partial charge in [-0.05, 0) is 30.1 Å². The number of fused-ring (bicyclic) bond motifs is 5. The number of esters is 3. The third-order valence-electron chi connectivity index (χ3n) is 13.3. The molecule has 1 N–H and O–H groups in total. The van der Waals surface area contributed by atoms with Gasteiger partial charge in [-0.25, -0.2) is 0 Å². The summed E-state index contributed by atoms with van der Waals surface area (Å²) in [6.07, 6.45) is -5.34. The Balaban J connectivity index is 1.47. The van der Waals surface area contributed by atoms with E-state index in [1.165, 1.54) is 26.0 Å². The maximum absolute atomic E-state index is 16.0. The molecule has 1 aliphatic heterocycles. The predicted octanol–water partition coefficient (Wildman–Crippen LogP) is 5.95. The second-order valence-corrected chi connectivity index (χ2v) is 17.1. The highest BCUT2D eigenvalue weighted by atomic mass is 16.6. The smallest absolute Gasteiger partial charge is 0.303 e. The zero-order valence-corrected chi connectivity index (χ0v) is 34.3. The molecule has 0 aromatic heterocycles. The second-order valence-electron chi connectivity index (χ2n) is 17.1. The summed E-state index contributed by atoms with van der Waals surface area (Å²) in [5.74, 6) is -6.01. The van der Waals surface area contributed by atoms with Gasteiger partial charge in [0.15, 0.2) is 29.1 Å². The van der Waals surface area contributed by atoms with Gasteiger partial charge in [0, 0.05) is 61.1 Å². The van der Waals surface area contributed by atoms with E-state index in [0.29, 0.717) is 16.7 Å². The molecule has 12 nitrogen and oxygen atoms in total. The Labute approximate surface area is 343 Å². The summed E-state index contributed by atoms with van der Waals surface area (Å²) >= 11 is 0. The molecule has 0 amide bonds. The molecule has 1 heterocycles. The number of carbonyl (C=O) groups is 6. The average molecular weight is 807 g/mol. The van der Waals surface area contributed by atoms with Crippen LogP contribution in [0.3, 0.4) is 0 Å². The van der Waals surface area contributed by atoms with E-state index in [2.05, 4.69) is 0 Å². The highest BCUT2D eigenvalue weighted by Gasteiger charge is 2.78. The summed E-state index contributed by atoms with van der Waals surface area (Å²) in [7, 11) is 0. The summed E-state index contributed by atoms with van der Waals surface area (Å²) in [6.45, 7) is 10.1. The minimum Gasteiger partial charge on any atom is -0.458 e. The van der Waals surface area contributed by atoms with E-state index in [1.54, 1.807) is 70.2 Å². The fourth-order valence-electron chi connectivity index (χ4n) is 10.4. The van der Waals surface area contributed by atoms with E-state index in [4.69, 9.17) is 23.7 Å². The van der Waals surface area contributed by atoms with Crippen LogP contribution in [0.1, 0.15) is 93.2 Å². The predicted molar refractivity (Wildman–Crippen MR) is 212 cm³/mol. The van der Waals surface area contributed by atoms with Crippen molar-refractivity contribution in [3.05, 3.63) is 118 Å². The standard InChI is InChI=1S/C47H50O12/c1-26-35(57-27(2)48)23-47(54)43(55-24-30-14-10-8-11-15-30)41-45(7,42(53)40(58-28(3)49)37(26)44(47,5)6)34(22-36-46(41,25-56-36)59-29(4)50)39(52)33-20-18-32(19-21-33)38(51)31-16-12-9-13-17-31/h8-21,34-36,40-41,43,54H,22-25H2,1-7H3/t34-,35+,36-,40-,41?,43?,45-,46+,47-/m1/s1. The molecule has 12 heteroatoms. The van der Waals surface area contributed by atoms with Gasteiger partial charge in [0.2, 0.25) is 0 Å². The van der Waals surface area contributed by atoms with Gasteiger partial charge < -0.3 is 28.8 Å². The Kier molecular flexibility index (Phi) is 10.9. The van der Waals surface area contributed by atoms with Gasteiger partial charge >= 0.3 is 17.9 Å². The van der Waals surface area contributed by atoms with Gasteiger partial charge in [-0.3, -0.25) is 28.8 Å². The lowest BCUT2D eigenvalue weighted by atomic mass is 9.42. The molecule has 3 aliphatic carbocycles.